The molecule has 1 saturated carbocycles. The number of amides is 2. The Morgan fingerprint density at radius 1 is 1.32 bits per heavy atom. The van der Waals surface area contributed by atoms with Gasteiger partial charge in [0.1, 0.15) is 0 Å². The Hall–Kier alpha value is -1.26. The Labute approximate surface area is 118 Å². The minimum atomic E-state index is -0.210. The molecule has 1 aliphatic carbocycles. The van der Waals surface area contributed by atoms with Crippen LogP contribution in [0.2, 0.25) is 5.02 Å². The summed E-state index contributed by atoms with van der Waals surface area (Å²) < 4.78 is 0. The van der Waals surface area contributed by atoms with Gasteiger partial charge in [0.05, 0.1) is 10.7 Å². The molecule has 0 spiro atoms. The highest BCUT2D eigenvalue weighted by Crippen LogP contribution is 2.24. The van der Waals surface area contributed by atoms with Crippen LogP contribution in [0.15, 0.2) is 24.3 Å². The Morgan fingerprint density at radius 3 is 2.79 bits per heavy atom. The van der Waals surface area contributed by atoms with E-state index in [1.807, 2.05) is 12.1 Å². The van der Waals surface area contributed by atoms with Crippen molar-refractivity contribution < 1.29 is 4.79 Å². The van der Waals surface area contributed by atoms with Crippen molar-refractivity contribution in [1.82, 2.24) is 5.32 Å². The quantitative estimate of drug-likeness (QED) is 0.797. The summed E-state index contributed by atoms with van der Waals surface area (Å²) in [5.41, 5.74) is 6.38. The minimum Gasteiger partial charge on any atom is -0.335 e. The first-order valence-electron chi connectivity index (χ1n) is 6.73. The maximum atomic E-state index is 12.0. The SMILES string of the molecule is NCC1CCCCC1NC(=O)Nc1ccccc1Cl. The molecule has 19 heavy (non-hydrogen) atoms. The fourth-order valence-corrected chi connectivity index (χ4v) is 2.75. The van der Waals surface area contributed by atoms with E-state index in [4.69, 9.17) is 17.3 Å². The largest absolute Gasteiger partial charge is 0.335 e. The predicted octanol–water partition coefficient (Wildman–Crippen LogP) is 2.98. The van der Waals surface area contributed by atoms with E-state index in [9.17, 15) is 4.79 Å². The Balaban J connectivity index is 1.92. The molecule has 5 heteroatoms. The first-order chi connectivity index (χ1) is 9.20. The predicted molar refractivity (Wildman–Crippen MR) is 78.4 cm³/mol. The molecule has 0 bridgehead atoms. The molecule has 4 nitrogen and oxygen atoms in total. The summed E-state index contributed by atoms with van der Waals surface area (Å²) in [6.07, 6.45) is 4.44. The summed E-state index contributed by atoms with van der Waals surface area (Å²) in [6, 6.07) is 7.16. The second-order valence-electron chi connectivity index (χ2n) is 4.97. The molecule has 2 amide bonds. The van der Waals surface area contributed by atoms with Crippen LogP contribution in [0.1, 0.15) is 25.7 Å². The summed E-state index contributed by atoms with van der Waals surface area (Å²) in [5.74, 6) is 0.380. The second kappa shape index (κ2) is 6.78. The van der Waals surface area contributed by atoms with Gasteiger partial charge in [-0.2, -0.15) is 0 Å². The van der Waals surface area contributed by atoms with Crippen molar-refractivity contribution in [3.8, 4) is 0 Å². The molecule has 1 aromatic rings. The van der Waals surface area contributed by atoms with Gasteiger partial charge in [0, 0.05) is 6.04 Å². The molecule has 104 valence electrons. The van der Waals surface area contributed by atoms with Crippen LogP contribution in [0.3, 0.4) is 0 Å². The summed E-state index contributed by atoms with van der Waals surface area (Å²) in [7, 11) is 0. The highest BCUT2D eigenvalue weighted by Gasteiger charge is 2.25. The van der Waals surface area contributed by atoms with Crippen molar-refractivity contribution in [3.63, 3.8) is 0 Å². The number of rotatable bonds is 3. The average Bonchev–Trinajstić information content (AvgIpc) is 2.42. The van der Waals surface area contributed by atoms with Gasteiger partial charge in [0.15, 0.2) is 0 Å². The summed E-state index contributed by atoms with van der Waals surface area (Å²) in [4.78, 5) is 12.0. The van der Waals surface area contributed by atoms with Crippen LogP contribution < -0.4 is 16.4 Å². The number of carbonyl (C=O) groups excluding carboxylic acids is 1. The highest BCUT2D eigenvalue weighted by molar-refractivity contribution is 6.33. The molecular formula is C14H20ClN3O. The van der Waals surface area contributed by atoms with E-state index in [1.54, 1.807) is 12.1 Å². The van der Waals surface area contributed by atoms with E-state index in [0.717, 1.165) is 19.3 Å². The van der Waals surface area contributed by atoms with Crippen molar-refractivity contribution in [2.45, 2.75) is 31.7 Å². The molecule has 1 aromatic carbocycles. The van der Waals surface area contributed by atoms with Gasteiger partial charge in [-0.25, -0.2) is 4.79 Å². The van der Waals surface area contributed by atoms with E-state index < -0.39 is 0 Å². The summed E-state index contributed by atoms with van der Waals surface area (Å²) in [6.45, 7) is 0.622. The molecule has 1 aliphatic rings. The maximum absolute atomic E-state index is 12.0. The zero-order valence-corrected chi connectivity index (χ0v) is 11.6. The Kier molecular flexibility index (Phi) is 5.05. The average molecular weight is 282 g/mol. The van der Waals surface area contributed by atoms with Gasteiger partial charge in [-0.1, -0.05) is 36.6 Å². The van der Waals surface area contributed by atoms with Crippen molar-refractivity contribution >= 4 is 23.3 Å². The molecule has 0 aromatic heterocycles. The normalized spacial score (nSPS) is 22.8. The monoisotopic (exact) mass is 281 g/mol. The molecule has 2 rings (SSSR count). The van der Waals surface area contributed by atoms with Gasteiger partial charge < -0.3 is 16.4 Å². The van der Waals surface area contributed by atoms with Gasteiger partial charge in [0.2, 0.25) is 0 Å². The number of anilines is 1. The fraction of sp³-hybridized carbons (Fsp3) is 0.500. The van der Waals surface area contributed by atoms with E-state index >= 15 is 0 Å². The standard InChI is InChI=1S/C14H20ClN3O/c15-11-6-2-4-8-13(11)18-14(19)17-12-7-3-1-5-10(12)9-16/h2,4,6,8,10,12H,1,3,5,7,9,16H2,(H2,17,18,19). The Morgan fingerprint density at radius 2 is 2.05 bits per heavy atom. The van der Waals surface area contributed by atoms with Gasteiger partial charge in [-0.05, 0) is 37.4 Å². The van der Waals surface area contributed by atoms with Crippen molar-refractivity contribution in [2.75, 3.05) is 11.9 Å². The van der Waals surface area contributed by atoms with Crippen LogP contribution >= 0.6 is 11.6 Å². The molecular weight excluding hydrogens is 262 g/mol. The highest BCUT2D eigenvalue weighted by atomic mass is 35.5. The maximum Gasteiger partial charge on any atom is 0.319 e. The lowest BCUT2D eigenvalue weighted by molar-refractivity contribution is 0.229. The fourth-order valence-electron chi connectivity index (χ4n) is 2.57. The Bertz CT molecular complexity index is 438. The van der Waals surface area contributed by atoms with E-state index in [1.165, 1.54) is 6.42 Å². The summed E-state index contributed by atoms with van der Waals surface area (Å²) in [5, 5.41) is 6.32. The smallest absolute Gasteiger partial charge is 0.319 e. The number of halogens is 1. The van der Waals surface area contributed by atoms with E-state index in [-0.39, 0.29) is 12.1 Å². The molecule has 4 N–H and O–H groups in total. The molecule has 2 atom stereocenters. The van der Waals surface area contributed by atoms with Crippen LogP contribution in [0.5, 0.6) is 0 Å². The van der Waals surface area contributed by atoms with Crippen molar-refractivity contribution in [3.05, 3.63) is 29.3 Å². The van der Waals surface area contributed by atoms with E-state index in [0.29, 0.717) is 23.2 Å². The van der Waals surface area contributed by atoms with Crippen LogP contribution in [0.4, 0.5) is 10.5 Å². The number of para-hydroxylation sites is 1. The molecule has 1 fully saturated rings. The third-order valence-electron chi connectivity index (χ3n) is 3.65. The van der Waals surface area contributed by atoms with Crippen molar-refractivity contribution in [1.29, 1.82) is 0 Å². The zero-order valence-electron chi connectivity index (χ0n) is 10.9. The number of hydrogen-bond donors (Lipinski definition) is 3. The third kappa shape index (κ3) is 3.85. The van der Waals surface area contributed by atoms with Crippen LogP contribution in [0.25, 0.3) is 0 Å². The molecule has 0 aliphatic heterocycles. The zero-order chi connectivity index (χ0) is 13.7. The number of carbonyl (C=O) groups is 1. The van der Waals surface area contributed by atoms with Gasteiger partial charge in [0.25, 0.3) is 0 Å². The molecule has 0 radical (unpaired) electrons. The second-order valence-corrected chi connectivity index (χ2v) is 5.37. The number of hydrogen-bond acceptors (Lipinski definition) is 2. The number of nitrogens with two attached hydrogens (primary N) is 1. The van der Waals surface area contributed by atoms with Crippen LogP contribution in [0, 0.1) is 5.92 Å². The lowest BCUT2D eigenvalue weighted by Crippen LogP contribution is -2.46. The first-order valence-corrected chi connectivity index (χ1v) is 7.10. The van der Waals surface area contributed by atoms with Gasteiger partial charge in [-0.15, -0.1) is 0 Å². The van der Waals surface area contributed by atoms with Gasteiger partial charge >= 0.3 is 6.03 Å². The lowest BCUT2D eigenvalue weighted by Gasteiger charge is -2.31. The minimum absolute atomic E-state index is 0.168. The van der Waals surface area contributed by atoms with Crippen LogP contribution in [-0.2, 0) is 0 Å². The number of nitrogens with one attached hydrogen (secondary N) is 2. The van der Waals surface area contributed by atoms with Crippen LogP contribution in [-0.4, -0.2) is 18.6 Å². The van der Waals surface area contributed by atoms with Crippen molar-refractivity contribution in [2.24, 2.45) is 11.7 Å². The molecule has 0 heterocycles. The summed E-state index contributed by atoms with van der Waals surface area (Å²) >= 11 is 6.00. The molecule has 0 saturated heterocycles. The van der Waals surface area contributed by atoms with Gasteiger partial charge in [-0.3, -0.25) is 0 Å². The third-order valence-corrected chi connectivity index (χ3v) is 3.98. The molecule has 2 unspecified atom stereocenters. The van der Waals surface area contributed by atoms with E-state index in [2.05, 4.69) is 10.6 Å². The number of urea groups is 1. The lowest BCUT2D eigenvalue weighted by atomic mass is 9.84. The number of benzene rings is 1. The topological polar surface area (TPSA) is 67.1 Å². The first kappa shape index (κ1) is 14.2.